The Morgan fingerprint density at radius 1 is 1.08 bits per heavy atom. The Morgan fingerprint density at radius 2 is 1.77 bits per heavy atom. The van der Waals surface area contributed by atoms with E-state index >= 15 is 0 Å². The molecule has 13 heavy (non-hydrogen) atoms. The molecular formula is C11H12F2. The normalized spacial score (nSPS) is 15.6. The van der Waals surface area contributed by atoms with Gasteiger partial charge in [-0.3, -0.25) is 0 Å². The van der Waals surface area contributed by atoms with E-state index in [2.05, 4.69) is 0 Å². The minimum Gasteiger partial charge on any atom is -0.203 e. The molecule has 0 aromatic heterocycles. The summed E-state index contributed by atoms with van der Waals surface area (Å²) in [5, 5.41) is 0. The first kappa shape index (κ1) is 8.67. The molecular weight excluding hydrogens is 170 g/mol. The summed E-state index contributed by atoms with van der Waals surface area (Å²) in [5.41, 5.74) is 2.04. The fraction of sp³-hybridized carbons (Fsp3) is 0.455. The van der Waals surface area contributed by atoms with Crippen LogP contribution in [0.2, 0.25) is 0 Å². The predicted molar refractivity (Wildman–Crippen MR) is 47.7 cm³/mol. The highest BCUT2D eigenvalue weighted by atomic mass is 19.2. The SMILES string of the molecule is Cc1cc2c(c(F)c1F)CCCC2. The predicted octanol–water partition coefficient (Wildman–Crippen LogP) is 3.15. The second-order valence-electron chi connectivity index (χ2n) is 3.67. The van der Waals surface area contributed by atoms with E-state index in [4.69, 9.17) is 0 Å². The number of aryl methyl sites for hydroxylation is 2. The number of rotatable bonds is 0. The van der Waals surface area contributed by atoms with Gasteiger partial charge in [0, 0.05) is 0 Å². The maximum atomic E-state index is 13.4. The highest BCUT2D eigenvalue weighted by Crippen LogP contribution is 2.27. The third-order valence-electron chi connectivity index (χ3n) is 2.71. The van der Waals surface area contributed by atoms with E-state index in [9.17, 15) is 8.78 Å². The molecule has 0 spiro atoms. The van der Waals surface area contributed by atoms with Crippen LogP contribution in [0.15, 0.2) is 6.07 Å². The lowest BCUT2D eigenvalue weighted by Crippen LogP contribution is -2.08. The zero-order valence-corrected chi connectivity index (χ0v) is 7.66. The van der Waals surface area contributed by atoms with Crippen LogP contribution in [0, 0.1) is 18.6 Å². The van der Waals surface area contributed by atoms with Gasteiger partial charge in [0.25, 0.3) is 0 Å². The van der Waals surface area contributed by atoms with Gasteiger partial charge in [0.1, 0.15) is 0 Å². The molecule has 0 aliphatic heterocycles. The number of fused-ring (bicyclic) bond motifs is 1. The third-order valence-corrected chi connectivity index (χ3v) is 2.71. The van der Waals surface area contributed by atoms with Gasteiger partial charge in [0.05, 0.1) is 0 Å². The number of hydrogen-bond acceptors (Lipinski definition) is 0. The number of benzene rings is 1. The van der Waals surface area contributed by atoms with E-state index in [0.29, 0.717) is 17.5 Å². The molecule has 1 aromatic carbocycles. The minimum atomic E-state index is -0.666. The molecule has 0 fully saturated rings. The topological polar surface area (TPSA) is 0 Å². The Kier molecular flexibility index (Phi) is 2.06. The van der Waals surface area contributed by atoms with Crippen LogP contribution < -0.4 is 0 Å². The summed E-state index contributed by atoms with van der Waals surface area (Å²) in [4.78, 5) is 0. The zero-order valence-electron chi connectivity index (χ0n) is 7.66. The molecule has 0 amide bonds. The van der Waals surface area contributed by atoms with Crippen molar-refractivity contribution in [1.82, 2.24) is 0 Å². The first-order valence-corrected chi connectivity index (χ1v) is 4.66. The van der Waals surface area contributed by atoms with Crippen molar-refractivity contribution in [2.24, 2.45) is 0 Å². The number of halogens is 2. The second-order valence-corrected chi connectivity index (χ2v) is 3.67. The number of hydrogen-bond donors (Lipinski definition) is 0. The van der Waals surface area contributed by atoms with E-state index in [1.54, 1.807) is 13.0 Å². The van der Waals surface area contributed by atoms with Crippen molar-refractivity contribution in [2.45, 2.75) is 32.6 Å². The van der Waals surface area contributed by atoms with Gasteiger partial charge < -0.3 is 0 Å². The van der Waals surface area contributed by atoms with Crippen molar-refractivity contribution < 1.29 is 8.78 Å². The van der Waals surface area contributed by atoms with E-state index in [-0.39, 0.29) is 0 Å². The van der Waals surface area contributed by atoms with Crippen LogP contribution in [-0.4, -0.2) is 0 Å². The van der Waals surface area contributed by atoms with Crippen LogP contribution in [0.5, 0.6) is 0 Å². The molecule has 0 N–H and O–H groups in total. The third kappa shape index (κ3) is 1.34. The quantitative estimate of drug-likeness (QED) is 0.578. The summed E-state index contributed by atoms with van der Waals surface area (Å²) in [7, 11) is 0. The van der Waals surface area contributed by atoms with Crippen molar-refractivity contribution in [3.05, 3.63) is 34.4 Å². The lowest BCUT2D eigenvalue weighted by Gasteiger charge is -2.17. The summed E-state index contributed by atoms with van der Waals surface area (Å²) >= 11 is 0. The van der Waals surface area contributed by atoms with Crippen molar-refractivity contribution in [2.75, 3.05) is 0 Å². The first-order chi connectivity index (χ1) is 6.20. The van der Waals surface area contributed by atoms with Crippen LogP contribution >= 0.6 is 0 Å². The molecule has 1 aromatic rings. The van der Waals surface area contributed by atoms with E-state index in [0.717, 1.165) is 24.8 Å². The second kappa shape index (κ2) is 3.09. The lowest BCUT2D eigenvalue weighted by atomic mass is 9.90. The van der Waals surface area contributed by atoms with Gasteiger partial charge in [-0.05, 0) is 49.3 Å². The molecule has 0 nitrogen and oxygen atoms in total. The Labute approximate surface area is 76.6 Å². The summed E-state index contributed by atoms with van der Waals surface area (Å²) in [6.07, 6.45) is 3.66. The van der Waals surface area contributed by atoms with Crippen LogP contribution in [0.1, 0.15) is 29.5 Å². The Balaban J connectivity index is 2.60. The van der Waals surface area contributed by atoms with Crippen molar-refractivity contribution in [3.63, 3.8) is 0 Å². The molecule has 1 aliphatic carbocycles. The molecule has 70 valence electrons. The summed E-state index contributed by atoms with van der Waals surface area (Å²) in [6, 6.07) is 1.78. The van der Waals surface area contributed by atoms with E-state index < -0.39 is 11.6 Å². The Morgan fingerprint density at radius 3 is 2.54 bits per heavy atom. The van der Waals surface area contributed by atoms with Crippen LogP contribution in [0.3, 0.4) is 0 Å². The van der Waals surface area contributed by atoms with Crippen LogP contribution in [0.25, 0.3) is 0 Å². The average molecular weight is 182 g/mol. The average Bonchev–Trinajstić information content (AvgIpc) is 2.15. The van der Waals surface area contributed by atoms with Gasteiger partial charge in [0.15, 0.2) is 11.6 Å². The highest BCUT2D eigenvalue weighted by molar-refractivity contribution is 5.35. The zero-order chi connectivity index (χ0) is 9.42. The highest BCUT2D eigenvalue weighted by Gasteiger charge is 2.18. The molecule has 0 saturated carbocycles. The molecule has 0 heterocycles. The molecule has 0 unspecified atom stereocenters. The lowest BCUT2D eigenvalue weighted by molar-refractivity contribution is 0.482. The molecule has 2 rings (SSSR count). The standard InChI is InChI=1S/C11H12F2/c1-7-6-8-4-2-3-5-9(8)11(13)10(7)12/h6H,2-5H2,1H3. The maximum absolute atomic E-state index is 13.4. The van der Waals surface area contributed by atoms with Gasteiger partial charge in [-0.25, -0.2) is 8.78 Å². The van der Waals surface area contributed by atoms with Crippen LogP contribution in [0.4, 0.5) is 8.78 Å². The van der Waals surface area contributed by atoms with Gasteiger partial charge >= 0.3 is 0 Å². The van der Waals surface area contributed by atoms with Crippen molar-refractivity contribution in [1.29, 1.82) is 0 Å². The fourth-order valence-electron chi connectivity index (χ4n) is 1.97. The Bertz CT molecular complexity index is 342. The largest absolute Gasteiger partial charge is 0.203 e. The molecule has 0 bridgehead atoms. The first-order valence-electron chi connectivity index (χ1n) is 4.66. The molecule has 0 atom stereocenters. The van der Waals surface area contributed by atoms with Crippen molar-refractivity contribution >= 4 is 0 Å². The fourth-order valence-corrected chi connectivity index (χ4v) is 1.97. The van der Waals surface area contributed by atoms with Gasteiger partial charge in [-0.1, -0.05) is 6.07 Å². The van der Waals surface area contributed by atoms with Gasteiger partial charge in [0.2, 0.25) is 0 Å². The smallest absolute Gasteiger partial charge is 0.162 e. The maximum Gasteiger partial charge on any atom is 0.162 e. The Hall–Kier alpha value is -0.920. The monoisotopic (exact) mass is 182 g/mol. The van der Waals surface area contributed by atoms with Gasteiger partial charge in [-0.2, -0.15) is 0 Å². The van der Waals surface area contributed by atoms with Crippen LogP contribution in [-0.2, 0) is 12.8 Å². The minimum absolute atomic E-state index is 0.429. The van der Waals surface area contributed by atoms with E-state index in [1.165, 1.54) is 0 Å². The van der Waals surface area contributed by atoms with Crippen molar-refractivity contribution in [3.8, 4) is 0 Å². The summed E-state index contributed by atoms with van der Waals surface area (Å²) in [6.45, 7) is 1.62. The van der Waals surface area contributed by atoms with E-state index in [1.807, 2.05) is 0 Å². The van der Waals surface area contributed by atoms with Gasteiger partial charge in [-0.15, -0.1) is 0 Å². The summed E-state index contributed by atoms with van der Waals surface area (Å²) < 4.78 is 26.5. The molecule has 0 saturated heterocycles. The molecule has 2 heteroatoms. The molecule has 1 aliphatic rings. The summed E-state index contributed by atoms with van der Waals surface area (Å²) in [5.74, 6) is -1.28. The molecule has 0 radical (unpaired) electrons.